The van der Waals surface area contributed by atoms with Gasteiger partial charge in [-0.1, -0.05) is 36.4 Å². The number of nitrogens with one attached hydrogen (secondary N) is 1. The number of hydrogen-bond donors (Lipinski definition) is 2. The summed E-state index contributed by atoms with van der Waals surface area (Å²) in [5, 5.41) is 3.45. The van der Waals surface area contributed by atoms with Gasteiger partial charge in [0.2, 0.25) is 5.91 Å². The highest BCUT2D eigenvalue weighted by atomic mass is 16.1. The fraction of sp³-hybridized carbons (Fsp3) is 0.235. The summed E-state index contributed by atoms with van der Waals surface area (Å²) in [5.74, 6) is -0.438. The van der Waals surface area contributed by atoms with Crippen LogP contribution in [0.5, 0.6) is 0 Å². The lowest BCUT2D eigenvalue weighted by Gasteiger charge is -2.30. The van der Waals surface area contributed by atoms with Gasteiger partial charge < -0.3 is 16.0 Å². The number of anilines is 2. The van der Waals surface area contributed by atoms with Crippen LogP contribution in [0.1, 0.15) is 6.42 Å². The molecule has 3 N–H and O–H groups in total. The Labute approximate surface area is 124 Å². The van der Waals surface area contributed by atoms with Crippen molar-refractivity contribution < 1.29 is 4.79 Å². The molecule has 0 saturated carbocycles. The van der Waals surface area contributed by atoms with Gasteiger partial charge >= 0.3 is 0 Å². The Kier molecular flexibility index (Phi) is 3.77. The topological polar surface area (TPSA) is 58.4 Å². The van der Waals surface area contributed by atoms with Gasteiger partial charge in [0.25, 0.3) is 0 Å². The van der Waals surface area contributed by atoms with Crippen molar-refractivity contribution >= 4 is 17.3 Å². The van der Waals surface area contributed by atoms with Crippen LogP contribution in [0.25, 0.3) is 0 Å². The van der Waals surface area contributed by atoms with E-state index in [2.05, 4.69) is 22.3 Å². The Morgan fingerprint density at radius 3 is 2.29 bits per heavy atom. The molecular formula is C17H19N3O. The molecule has 4 heteroatoms. The van der Waals surface area contributed by atoms with Gasteiger partial charge in [-0.05, 0) is 30.7 Å². The first kappa shape index (κ1) is 13.5. The molecule has 0 aromatic heterocycles. The van der Waals surface area contributed by atoms with Gasteiger partial charge in [0.15, 0.2) is 0 Å². The normalized spacial score (nSPS) is 21.2. The number of rotatable bonds is 4. The van der Waals surface area contributed by atoms with E-state index in [-0.39, 0.29) is 18.0 Å². The van der Waals surface area contributed by atoms with Crippen molar-refractivity contribution in [3.8, 4) is 0 Å². The van der Waals surface area contributed by atoms with E-state index >= 15 is 0 Å². The van der Waals surface area contributed by atoms with Crippen molar-refractivity contribution in [2.24, 2.45) is 11.7 Å². The summed E-state index contributed by atoms with van der Waals surface area (Å²) in [4.78, 5) is 13.9. The van der Waals surface area contributed by atoms with Crippen LogP contribution in [0.4, 0.5) is 11.4 Å². The maximum absolute atomic E-state index is 11.7. The van der Waals surface area contributed by atoms with Crippen molar-refractivity contribution in [2.75, 3.05) is 16.8 Å². The molecule has 0 aliphatic carbocycles. The molecule has 0 bridgehead atoms. The van der Waals surface area contributed by atoms with Gasteiger partial charge in [0.05, 0.1) is 5.92 Å². The number of carbonyl (C=O) groups is 1. The van der Waals surface area contributed by atoms with Crippen molar-refractivity contribution in [3.05, 3.63) is 60.7 Å². The minimum absolute atomic E-state index is 0.104. The zero-order valence-corrected chi connectivity index (χ0v) is 11.8. The predicted octanol–water partition coefficient (Wildman–Crippen LogP) is 2.44. The average molecular weight is 281 g/mol. The standard InChI is InChI=1S/C17H19N3O/c18-16(21)15-11-12-20(14-9-5-2-6-10-14)17(15)19-13-7-3-1-4-8-13/h1-10,15,17,19H,11-12H2,(H2,18,21). The van der Waals surface area contributed by atoms with E-state index in [1.165, 1.54) is 0 Å². The number of hydrogen-bond acceptors (Lipinski definition) is 3. The summed E-state index contributed by atoms with van der Waals surface area (Å²) in [6, 6.07) is 20.0. The van der Waals surface area contributed by atoms with E-state index in [0.29, 0.717) is 0 Å². The zero-order chi connectivity index (χ0) is 14.7. The number of carbonyl (C=O) groups excluding carboxylic acids is 1. The molecule has 21 heavy (non-hydrogen) atoms. The van der Waals surface area contributed by atoms with Gasteiger partial charge in [-0.2, -0.15) is 0 Å². The summed E-state index contributed by atoms with van der Waals surface area (Å²) >= 11 is 0. The Bertz CT molecular complexity index is 600. The van der Waals surface area contributed by atoms with E-state index in [0.717, 1.165) is 24.3 Å². The molecule has 1 saturated heterocycles. The van der Waals surface area contributed by atoms with E-state index < -0.39 is 0 Å². The van der Waals surface area contributed by atoms with Crippen LogP contribution in [0.3, 0.4) is 0 Å². The molecule has 2 unspecified atom stereocenters. The van der Waals surface area contributed by atoms with E-state index in [1.807, 2.05) is 48.5 Å². The van der Waals surface area contributed by atoms with Crippen molar-refractivity contribution in [1.82, 2.24) is 0 Å². The minimum Gasteiger partial charge on any atom is -0.369 e. The average Bonchev–Trinajstić information content (AvgIpc) is 2.93. The smallest absolute Gasteiger partial charge is 0.224 e. The number of nitrogens with two attached hydrogens (primary N) is 1. The molecule has 0 radical (unpaired) electrons. The molecule has 2 aromatic carbocycles. The lowest BCUT2D eigenvalue weighted by Crippen LogP contribution is -2.43. The second-order valence-electron chi connectivity index (χ2n) is 5.28. The molecule has 1 aliphatic rings. The summed E-state index contributed by atoms with van der Waals surface area (Å²) in [7, 11) is 0. The SMILES string of the molecule is NC(=O)C1CCN(c2ccccc2)C1Nc1ccccc1. The predicted molar refractivity (Wildman–Crippen MR) is 84.9 cm³/mol. The molecule has 2 aromatic rings. The van der Waals surface area contributed by atoms with Crippen LogP contribution >= 0.6 is 0 Å². The van der Waals surface area contributed by atoms with Crippen molar-refractivity contribution in [1.29, 1.82) is 0 Å². The van der Waals surface area contributed by atoms with Gasteiger partial charge in [-0.25, -0.2) is 0 Å². The fourth-order valence-corrected chi connectivity index (χ4v) is 2.88. The Balaban J connectivity index is 1.88. The first-order valence-electron chi connectivity index (χ1n) is 7.18. The minimum atomic E-state index is -0.248. The van der Waals surface area contributed by atoms with Gasteiger partial charge in [-0.15, -0.1) is 0 Å². The molecule has 1 fully saturated rings. The van der Waals surface area contributed by atoms with Crippen LogP contribution in [0, 0.1) is 5.92 Å². The summed E-state index contributed by atoms with van der Waals surface area (Å²) in [6.07, 6.45) is 0.668. The Morgan fingerprint density at radius 1 is 1.05 bits per heavy atom. The third-order valence-electron chi connectivity index (χ3n) is 3.94. The molecule has 2 atom stereocenters. The number of benzene rings is 2. The first-order chi connectivity index (χ1) is 10.3. The summed E-state index contributed by atoms with van der Waals surface area (Å²) in [5.41, 5.74) is 7.68. The van der Waals surface area contributed by atoms with Crippen LogP contribution < -0.4 is 16.0 Å². The molecule has 0 spiro atoms. The van der Waals surface area contributed by atoms with Crippen LogP contribution in [0.15, 0.2) is 60.7 Å². The summed E-state index contributed by atoms with van der Waals surface area (Å²) in [6.45, 7) is 0.822. The van der Waals surface area contributed by atoms with Gasteiger partial charge in [0, 0.05) is 17.9 Å². The number of nitrogens with zero attached hydrogens (tertiary/aromatic N) is 1. The number of primary amides is 1. The number of amides is 1. The maximum Gasteiger partial charge on any atom is 0.224 e. The highest BCUT2D eigenvalue weighted by molar-refractivity contribution is 5.79. The molecule has 1 aliphatic heterocycles. The Morgan fingerprint density at radius 2 is 1.67 bits per heavy atom. The maximum atomic E-state index is 11.7. The van der Waals surface area contributed by atoms with E-state index in [1.54, 1.807) is 0 Å². The molecule has 108 valence electrons. The zero-order valence-electron chi connectivity index (χ0n) is 11.8. The van der Waals surface area contributed by atoms with Gasteiger partial charge in [0.1, 0.15) is 6.17 Å². The van der Waals surface area contributed by atoms with Crippen LogP contribution in [0.2, 0.25) is 0 Å². The molecular weight excluding hydrogens is 262 g/mol. The highest BCUT2D eigenvalue weighted by Crippen LogP contribution is 2.30. The lowest BCUT2D eigenvalue weighted by atomic mass is 10.1. The molecule has 4 nitrogen and oxygen atoms in total. The molecule has 1 amide bonds. The molecule has 3 rings (SSSR count). The van der Waals surface area contributed by atoms with Crippen molar-refractivity contribution in [2.45, 2.75) is 12.6 Å². The largest absolute Gasteiger partial charge is 0.369 e. The van der Waals surface area contributed by atoms with E-state index in [4.69, 9.17) is 5.73 Å². The third-order valence-corrected chi connectivity index (χ3v) is 3.94. The fourth-order valence-electron chi connectivity index (χ4n) is 2.88. The Hall–Kier alpha value is -2.49. The highest BCUT2D eigenvalue weighted by Gasteiger charge is 2.37. The number of para-hydroxylation sites is 2. The second kappa shape index (κ2) is 5.87. The van der Waals surface area contributed by atoms with Crippen LogP contribution in [-0.4, -0.2) is 18.6 Å². The van der Waals surface area contributed by atoms with E-state index in [9.17, 15) is 4.79 Å². The second-order valence-corrected chi connectivity index (χ2v) is 5.28. The summed E-state index contributed by atoms with van der Waals surface area (Å²) < 4.78 is 0. The molecule has 1 heterocycles. The van der Waals surface area contributed by atoms with Gasteiger partial charge in [-0.3, -0.25) is 4.79 Å². The third kappa shape index (κ3) is 2.84. The monoisotopic (exact) mass is 281 g/mol. The lowest BCUT2D eigenvalue weighted by molar-refractivity contribution is -0.121. The van der Waals surface area contributed by atoms with Crippen LogP contribution in [-0.2, 0) is 4.79 Å². The quantitative estimate of drug-likeness (QED) is 0.905. The van der Waals surface area contributed by atoms with Crippen molar-refractivity contribution in [3.63, 3.8) is 0 Å². The first-order valence-corrected chi connectivity index (χ1v) is 7.18.